The van der Waals surface area contributed by atoms with Crippen LogP contribution in [0.2, 0.25) is 0 Å². The van der Waals surface area contributed by atoms with Crippen LogP contribution >= 0.6 is 0 Å². The number of nitrogens with zero attached hydrogens (tertiary/aromatic N) is 1. The lowest BCUT2D eigenvalue weighted by molar-refractivity contribution is -0.136. The van der Waals surface area contributed by atoms with Gasteiger partial charge in [0.1, 0.15) is 11.8 Å². The Hall–Kier alpha value is -3.27. The molecule has 2 atom stereocenters. The summed E-state index contributed by atoms with van der Waals surface area (Å²) in [6, 6.07) is 3.10. The first-order valence-electron chi connectivity index (χ1n) is 9.21. The molecule has 0 spiro atoms. The third-order valence-corrected chi connectivity index (χ3v) is 4.76. The molecule has 154 valence electrons. The van der Waals surface area contributed by atoms with Gasteiger partial charge >= 0.3 is 0 Å². The topological polar surface area (TPSA) is 142 Å². The zero-order valence-corrected chi connectivity index (χ0v) is 15.8. The number of benzene rings is 1. The molecule has 1 aromatic carbocycles. The number of ether oxygens (including phenoxy) is 1. The zero-order valence-electron chi connectivity index (χ0n) is 15.8. The molecule has 1 fully saturated rings. The van der Waals surface area contributed by atoms with Gasteiger partial charge in [-0.25, -0.2) is 0 Å². The highest BCUT2D eigenvalue weighted by Gasteiger charge is 2.46. The van der Waals surface area contributed by atoms with E-state index >= 15 is 0 Å². The van der Waals surface area contributed by atoms with Crippen molar-refractivity contribution in [2.75, 3.05) is 13.2 Å². The van der Waals surface area contributed by atoms with Crippen molar-refractivity contribution in [2.45, 2.75) is 38.3 Å². The summed E-state index contributed by atoms with van der Waals surface area (Å²) < 4.78 is 5.46. The molecule has 1 saturated heterocycles. The lowest BCUT2D eigenvalue weighted by atomic mass is 10.0. The van der Waals surface area contributed by atoms with Gasteiger partial charge in [-0.1, -0.05) is 6.07 Å². The van der Waals surface area contributed by atoms with E-state index in [1.807, 2.05) is 0 Å². The van der Waals surface area contributed by atoms with Crippen LogP contribution in [-0.4, -0.2) is 64.8 Å². The molecular weight excluding hydrogens is 382 g/mol. The number of amides is 5. The summed E-state index contributed by atoms with van der Waals surface area (Å²) >= 11 is 0. The summed E-state index contributed by atoms with van der Waals surface area (Å²) in [6.45, 7) is 1.28. The lowest BCUT2D eigenvalue weighted by Gasteiger charge is -2.27. The fourth-order valence-electron chi connectivity index (χ4n) is 3.33. The Bertz CT molecular complexity index is 883. The summed E-state index contributed by atoms with van der Waals surface area (Å²) in [5.74, 6) is -2.89. The second kappa shape index (κ2) is 8.39. The fourth-order valence-corrected chi connectivity index (χ4v) is 3.33. The minimum absolute atomic E-state index is 0.0154. The van der Waals surface area contributed by atoms with Crippen molar-refractivity contribution in [3.63, 3.8) is 0 Å². The first-order chi connectivity index (χ1) is 13.8. The predicted molar refractivity (Wildman–Crippen MR) is 97.9 cm³/mol. The Morgan fingerprint density at radius 2 is 2.07 bits per heavy atom. The minimum Gasteiger partial charge on any atom is -0.483 e. The van der Waals surface area contributed by atoms with Crippen molar-refractivity contribution in [3.05, 3.63) is 29.3 Å². The number of piperidine rings is 1. The Morgan fingerprint density at radius 3 is 2.76 bits per heavy atom. The van der Waals surface area contributed by atoms with Crippen LogP contribution in [0.5, 0.6) is 5.75 Å². The molecule has 10 heteroatoms. The standard InChI is InChI=1S/C19H21N3O7/c1-10(7-8-23)20-15(25)9-29-13-4-2-3-11-16(13)19(28)22(18(11)27)12-5-6-14(24)21-17(12)26/h2-4,10,12,23H,5-9H2,1H3,(H,20,25)(H,21,24,26). The van der Waals surface area contributed by atoms with Gasteiger partial charge in [0.25, 0.3) is 17.7 Å². The lowest BCUT2D eigenvalue weighted by Crippen LogP contribution is -2.54. The largest absolute Gasteiger partial charge is 0.483 e. The second-order valence-corrected chi connectivity index (χ2v) is 6.90. The predicted octanol–water partition coefficient (Wildman–Crippen LogP) is -0.646. The quantitative estimate of drug-likeness (QED) is 0.514. The van der Waals surface area contributed by atoms with E-state index in [0.717, 1.165) is 4.90 Å². The summed E-state index contributed by atoms with van der Waals surface area (Å²) in [5.41, 5.74) is 0.0599. The highest BCUT2D eigenvalue weighted by Crippen LogP contribution is 2.33. The Balaban J connectivity index is 1.75. The Morgan fingerprint density at radius 1 is 1.31 bits per heavy atom. The van der Waals surface area contributed by atoms with E-state index < -0.39 is 35.6 Å². The summed E-state index contributed by atoms with van der Waals surface area (Å²) in [6.07, 6.45) is 0.469. The van der Waals surface area contributed by atoms with Crippen LogP contribution in [0.4, 0.5) is 0 Å². The normalized spacial score (nSPS) is 19.7. The average Bonchev–Trinajstić information content (AvgIpc) is 2.92. The summed E-state index contributed by atoms with van der Waals surface area (Å²) in [7, 11) is 0. The van der Waals surface area contributed by atoms with Crippen LogP contribution in [0.1, 0.15) is 46.9 Å². The number of hydrogen-bond donors (Lipinski definition) is 3. The molecule has 1 aromatic rings. The molecule has 2 unspecified atom stereocenters. The van der Waals surface area contributed by atoms with Crippen LogP contribution < -0.4 is 15.4 Å². The molecule has 2 heterocycles. The molecule has 10 nitrogen and oxygen atoms in total. The second-order valence-electron chi connectivity index (χ2n) is 6.90. The monoisotopic (exact) mass is 403 g/mol. The molecule has 3 N–H and O–H groups in total. The van der Waals surface area contributed by atoms with E-state index in [4.69, 9.17) is 9.84 Å². The maximum absolute atomic E-state index is 12.9. The molecule has 0 saturated carbocycles. The van der Waals surface area contributed by atoms with Gasteiger partial charge in [-0.05, 0) is 31.9 Å². The van der Waals surface area contributed by atoms with Gasteiger partial charge in [-0.3, -0.25) is 34.2 Å². The molecule has 0 bridgehead atoms. The Kier molecular flexibility index (Phi) is 5.92. The van der Waals surface area contributed by atoms with Crippen molar-refractivity contribution < 1.29 is 33.8 Å². The number of aliphatic hydroxyl groups excluding tert-OH is 1. The van der Waals surface area contributed by atoms with E-state index in [9.17, 15) is 24.0 Å². The molecule has 2 aliphatic rings. The highest BCUT2D eigenvalue weighted by molar-refractivity contribution is 6.24. The minimum atomic E-state index is -1.07. The first-order valence-corrected chi connectivity index (χ1v) is 9.21. The zero-order chi connectivity index (χ0) is 21.1. The third-order valence-electron chi connectivity index (χ3n) is 4.76. The number of imide groups is 2. The highest BCUT2D eigenvalue weighted by atomic mass is 16.5. The number of nitrogens with one attached hydrogen (secondary N) is 2. The smallest absolute Gasteiger partial charge is 0.266 e. The molecule has 2 aliphatic heterocycles. The SMILES string of the molecule is CC(CCO)NC(=O)COc1cccc2c1C(=O)N(C1CCC(=O)NC1=O)C2=O. The molecule has 0 radical (unpaired) electrons. The van der Waals surface area contributed by atoms with Gasteiger partial charge in [0.2, 0.25) is 11.8 Å². The van der Waals surface area contributed by atoms with Gasteiger partial charge in [0, 0.05) is 19.1 Å². The van der Waals surface area contributed by atoms with Crippen molar-refractivity contribution in [2.24, 2.45) is 0 Å². The summed E-state index contributed by atoms with van der Waals surface area (Å²) in [5, 5.41) is 13.6. The number of aliphatic hydroxyl groups is 1. The first kappa shape index (κ1) is 20.5. The Labute approximate surface area is 166 Å². The molecule has 5 amide bonds. The number of carbonyl (C=O) groups is 5. The molecule has 3 rings (SSSR count). The van der Waals surface area contributed by atoms with Gasteiger partial charge < -0.3 is 15.2 Å². The number of rotatable bonds is 7. The van der Waals surface area contributed by atoms with Crippen LogP contribution in [0, 0.1) is 0 Å². The number of fused-ring (bicyclic) bond motifs is 1. The molecule has 0 aromatic heterocycles. The van der Waals surface area contributed by atoms with Crippen molar-refractivity contribution >= 4 is 29.5 Å². The maximum Gasteiger partial charge on any atom is 0.266 e. The van der Waals surface area contributed by atoms with Crippen LogP contribution in [0.25, 0.3) is 0 Å². The molecular formula is C19H21N3O7. The van der Waals surface area contributed by atoms with Crippen molar-refractivity contribution in [3.8, 4) is 5.75 Å². The summed E-state index contributed by atoms with van der Waals surface area (Å²) in [4.78, 5) is 61.9. The van der Waals surface area contributed by atoms with Crippen LogP contribution in [0.3, 0.4) is 0 Å². The van der Waals surface area contributed by atoms with E-state index in [0.29, 0.717) is 6.42 Å². The van der Waals surface area contributed by atoms with Crippen molar-refractivity contribution in [1.29, 1.82) is 0 Å². The van der Waals surface area contributed by atoms with E-state index in [1.54, 1.807) is 6.92 Å². The van der Waals surface area contributed by atoms with Gasteiger partial charge in [0.15, 0.2) is 6.61 Å². The molecule has 0 aliphatic carbocycles. The molecule has 29 heavy (non-hydrogen) atoms. The number of carbonyl (C=O) groups excluding carboxylic acids is 5. The fraction of sp³-hybridized carbons (Fsp3) is 0.421. The van der Waals surface area contributed by atoms with Gasteiger partial charge in [0.05, 0.1) is 11.1 Å². The van der Waals surface area contributed by atoms with Crippen LogP contribution in [0.15, 0.2) is 18.2 Å². The van der Waals surface area contributed by atoms with Gasteiger partial charge in [-0.15, -0.1) is 0 Å². The average molecular weight is 403 g/mol. The van der Waals surface area contributed by atoms with Crippen molar-refractivity contribution in [1.82, 2.24) is 15.5 Å². The van der Waals surface area contributed by atoms with Crippen LogP contribution in [-0.2, 0) is 14.4 Å². The maximum atomic E-state index is 12.9. The van der Waals surface area contributed by atoms with E-state index in [1.165, 1.54) is 18.2 Å². The third kappa shape index (κ3) is 4.11. The van der Waals surface area contributed by atoms with E-state index in [2.05, 4.69) is 10.6 Å². The van der Waals surface area contributed by atoms with Gasteiger partial charge in [-0.2, -0.15) is 0 Å². The van der Waals surface area contributed by atoms with E-state index in [-0.39, 0.29) is 49.0 Å². The number of hydrogen-bond acceptors (Lipinski definition) is 7.